The van der Waals surface area contributed by atoms with Crippen molar-refractivity contribution < 1.29 is 4.79 Å². The average Bonchev–Trinajstić information content (AvgIpc) is 3.00. The number of aromatic amines is 1. The summed E-state index contributed by atoms with van der Waals surface area (Å²) in [7, 11) is 1.66. The first-order valence-corrected chi connectivity index (χ1v) is 6.95. The van der Waals surface area contributed by atoms with Gasteiger partial charge >= 0.3 is 0 Å². The van der Waals surface area contributed by atoms with Crippen molar-refractivity contribution in [1.29, 1.82) is 0 Å². The van der Waals surface area contributed by atoms with Crippen molar-refractivity contribution in [2.45, 2.75) is 12.3 Å². The van der Waals surface area contributed by atoms with Crippen LogP contribution < -0.4 is 5.32 Å². The molecule has 0 bridgehead atoms. The van der Waals surface area contributed by atoms with Gasteiger partial charge in [0, 0.05) is 43.5 Å². The summed E-state index contributed by atoms with van der Waals surface area (Å²) < 4.78 is 0. The first-order chi connectivity index (χ1) is 10.3. The summed E-state index contributed by atoms with van der Waals surface area (Å²) in [6.07, 6.45) is 5.90. The normalized spacial score (nSPS) is 12.2. The maximum absolute atomic E-state index is 11.8. The van der Waals surface area contributed by atoms with Crippen LogP contribution in [0.3, 0.4) is 0 Å². The van der Waals surface area contributed by atoms with Gasteiger partial charge in [0.2, 0.25) is 5.91 Å². The van der Waals surface area contributed by atoms with Gasteiger partial charge in [-0.05, 0) is 34.7 Å². The van der Waals surface area contributed by atoms with Crippen molar-refractivity contribution >= 4 is 16.8 Å². The second kappa shape index (κ2) is 5.79. The molecule has 2 aromatic heterocycles. The highest BCUT2D eigenvalue weighted by Crippen LogP contribution is 2.29. The molecular formula is C17H17N3O. The molecule has 0 spiro atoms. The number of carbonyl (C=O) groups is 1. The minimum atomic E-state index is 0.00588. The molecule has 4 nitrogen and oxygen atoms in total. The van der Waals surface area contributed by atoms with E-state index in [0.717, 1.165) is 16.6 Å². The molecule has 3 aromatic rings. The number of pyridine rings is 1. The molecule has 0 radical (unpaired) electrons. The zero-order valence-corrected chi connectivity index (χ0v) is 11.8. The van der Waals surface area contributed by atoms with Crippen molar-refractivity contribution in [1.82, 2.24) is 15.3 Å². The summed E-state index contributed by atoms with van der Waals surface area (Å²) in [5.41, 5.74) is 3.24. The van der Waals surface area contributed by atoms with E-state index in [-0.39, 0.29) is 11.8 Å². The molecule has 0 aliphatic rings. The number of carbonyl (C=O) groups excluding carboxylic acids is 1. The van der Waals surface area contributed by atoms with E-state index in [1.165, 1.54) is 5.39 Å². The van der Waals surface area contributed by atoms with Crippen LogP contribution in [0.15, 0.2) is 55.0 Å². The fourth-order valence-corrected chi connectivity index (χ4v) is 2.58. The van der Waals surface area contributed by atoms with Crippen molar-refractivity contribution in [2.75, 3.05) is 7.05 Å². The largest absolute Gasteiger partial charge is 0.361 e. The van der Waals surface area contributed by atoms with Gasteiger partial charge in [-0.2, -0.15) is 0 Å². The highest BCUT2D eigenvalue weighted by atomic mass is 16.1. The Morgan fingerprint density at radius 2 is 2.19 bits per heavy atom. The highest BCUT2D eigenvalue weighted by Gasteiger charge is 2.18. The molecule has 21 heavy (non-hydrogen) atoms. The Balaban J connectivity index is 2.03. The van der Waals surface area contributed by atoms with Crippen LogP contribution in [0, 0.1) is 0 Å². The predicted octanol–water partition coefficient (Wildman–Crippen LogP) is 2.83. The van der Waals surface area contributed by atoms with Gasteiger partial charge in [0.1, 0.15) is 0 Å². The minimum Gasteiger partial charge on any atom is -0.361 e. The van der Waals surface area contributed by atoms with Gasteiger partial charge in [0.05, 0.1) is 0 Å². The summed E-state index contributed by atoms with van der Waals surface area (Å²) in [5.74, 6) is 0.0294. The molecule has 1 aromatic carbocycles. The van der Waals surface area contributed by atoms with Crippen LogP contribution in [0.1, 0.15) is 23.5 Å². The zero-order valence-electron chi connectivity index (χ0n) is 11.8. The predicted molar refractivity (Wildman–Crippen MR) is 83.1 cm³/mol. The first kappa shape index (κ1) is 13.4. The van der Waals surface area contributed by atoms with E-state index < -0.39 is 0 Å². The third-order valence-electron chi connectivity index (χ3n) is 3.74. The molecular weight excluding hydrogens is 262 g/mol. The Morgan fingerprint density at radius 1 is 1.29 bits per heavy atom. The van der Waals surface area contributed by atoms with Crippen molar-refractivity contribution in [3.63, 3.8) is 0 Å². The number of nitrogens with zero attached hydrogens (tertiary/aromatic N) is 1. The average molecular weight is 279 g/mol. The molecule has 2 N–H and O–H groups in total. The summed E-state index contributed by atoms with van der Waals surface area (Å²) in [6, 6.07) is 12.2. The monoisotopic (exact) mass is 279 g/mol. The lowest BCUT2D eigenvalue weighted by molar-refractivity contribution is -0.120. The lowest BCUT2D eigenvalue weighted by Gasteiger charge is -2.17. The summed E-state index contributed by atoms with van der Waals surface area (Å²) in [5, 5.41) is 3.87. The van der Waals surface area contributed by atoms with Crippen molar-refractivity contribution in [3.8, 4) is 0 Å². The van der Waals surface area contributed by atoms with Crippen molar-refractivity contribution in [2.24, 2.45) is 0 Å². The lowest BCUT2D eigenvalue weighted by Crippen LogP contribution is -2.21. The number of aromatic nitrogens is 2. The van der Waals surface area contributed by atoms with Gasteiger partial charge in [-0.25, -0.2) is 0 Å². The summed E-state index contributed by atoms with van der Waals surface area (Å²) in [6.45, 7) is 0. The number of fused-ring (bicyclic) bond motifs is 1. The lowest BCUT2D eigenvalue weighted by atomic mass is 9.89. The van der Waals surface area contributed by atoms with E-state index in [4.69, 9.17) is 0 Å². The second-order valence-corrected chi connectivity index (χ2v) is 5.04. The fourth-order valence-electron chi connectivity index (χ4n) is 2.58. The SMILES string of the molecule is CNC(=O)CC(c1cccnc1)c1ccc2cc[nH]c2c1. The molecule has 0 fully saturated rings. The Labute approximate surface area is 123 Å². The number of rotatable bonds is 4. The Hall–Kier alpha value is -2.62. The molecule has 0 saturated carbocycles. The van der Waals surface area contributed by atoms with Gasteiger partial charge in [0.15, 0.2) is 0 Å². The molecule has 0 aliphatic carbocycles. The maximum atomic E-state index is 11.8. The van der Waals surface area contributed by atoms with Crippen LogP contribution in [-0.4, -0.2) is 22.9 Å². The number of hydrogen-bond donors (Lipinski definition) is 2. The number of amides is 1. The van der Waals surface area contributed by atoms with E-state index in [1.807, 2.05) is 30.6 Å². The number of hydrogen-bond acceptors (Lipinski definition) is 2. The molecule has 1 atom stereocenters. The van der Waals surface area contributed by atoms with Gasteiger partial charge in [0.25, 0.3) is 0 Å². The van der Waals surface area contributed by atoms with Crippen LogP contribution in [0.4, 0.5) is 0 Å². The molecule has 3 rings (SSSR count). The van der Waals surface area contributed by atoms with E-state index in [9.17, 15) is 4.79 Å². The van der Waals surface area contributed by atoms with Crippen LogP contribution in [0.5, 0.6) is 0 Å². The molecule has 1 amide bonds. The Bertz CT molecular complexity index is 749. The highest BCUT2D eigenvalue weighted by molar-refractivity contribution is 5.81. The van der Waals surface area contributed by atoms with E-state index >= 15 is 0 Å². The molecule has 1 unspecified atom stereocenters. The number of nitrogens with one attached hydrogen (secondary N) is 2. The molecule has 0 aliphatic heterocycles. The Kier molecular flexibility index (Phi) is 3.69. The molecule has 0 saturated heterocycles. The third-order valence-corrected chi connectivity index (χ3v) is 3.74. The Morgan fingerprint density at radius 3 is 2.95 bits per heavy atom. The third kappa shape index (κ3) is 2.79. The van der Waals surface area contributed by atoms with Gasteiger partial charge in [-0.1, -0.05) is 18.2 Å². The first-order valence-electron chi connectivity index (χ1n) is 6.95. The number of benzene rings is 1. The van der Waals surface area contributed by atoms with Gasteiger partial charge < -0.3 is 10.3 Å². The topological polar surface area (TPSA) is 57.8 Å². The van der Waals surface area contributed by atoms with Crippen LogP contribution in [-0.2, 0) is 4.79 Å². The molecule has 4 heteroatoms. The van der Waals surface area contributed by atoms with E-state index in [2.05, 4.69) is 33.5 Å². The number of H-pyrrole nitrogens is 1. The molecule has 106 valence electrons. The fraction of sp³-hybridized carbons (Fsp3) is 0.176. The minimum absolute atomic E-state index is 0.00588. The van der Waals surface area contributed by atoms with Crippen LogP contribution in [0.2, 0.25) is 0 Å². The smallest absolute Gasteiger partial charge is 0.220 e. The van der Waals surface area contributed by atoms with Crippen LogP contribution >= 0.6 is 0 Å². The van der Waals surface area contributed by atoms with Crippen molar-refractivity contribution in [3.05, 3.63) is 66.1 Å². The quantitative estimate of drug-likeness (QED) is 0.771. The van der Waals surface area contributed by atoms with Gasteiger partial charge in [-0.3, -0.25) is 9.78 Å². The summed E-state index contributed by atoms with van der Waals surface area (Å²) in [4.78, 5) is 19.2. The molecule has 2 heterocycles. The zero-order chi connectivity index (χ0) is 14.7. The maximum Gasteiger partial charge on any atom is 0.220 e. The second-order valence-electron chi connectivity index (χ2n) is 5.04. The van der Waals surface area contributed by atoms with E-state index in [0.29, 0.717) is 6.42 Å². The van der Waals surface area contributed by atoms with Gasteiger partial charge in [-0.15, -0.1) is 0 Å². The van der Waals surface area contributed by atoms with Crippen LogP contribution in [0.25, 0.3) is 10.9 Å². The summed E-state index contributed by atoms with van der Waals surface area (Å²) >= 11 is 0. The standard InChI is InChI=1S/C17H17N3O/c1-18-17(21)10-15(14-3-2-7-19-11-14)13-5-4-12-6-8-20-16(12)9-13/h2-9,11,15,20H,10H2,1H3,(H,18,21). The van der Waals surface area contributed by atoms with E-state index in [1.54, 1.807) is 13.2 Å².